The van der Waals surface area contributed by atoms with E-state index in [0.29, 0.717) is 34.4 Å². The van der Waals surface area contributed by atoms with Gasteiger partial charge in [0.2, 0.25) is 0 Å². The summed E-state index contributed by atoms with van der Waals surface area (Å²) in [6.07, 6.45) is 1.50. The Kier molecular flexibility index (Phi) is 5.92. The number of nitrogens with zero attached hydrogens (tertiary/aromatic N) is 3. The summed E-state index contributed by atoms with van der Waals surface area (Å²) >= 11 is 0. The van der Waals surface area contributed by atoms with Crippen LogP contribution in [0.25, 0.3) is 15.7 Å². The highest BCUT2D eigenvalue weighted by atomic mass is 32.2. The first-order chi connectivity index (χ1) is 17.4. The van der Waals surface area contributed by atoms with E-state index in [1.807, 2.05) is 0 Å². The molecule has 180 valence electrons. The number of fused-ring (bicyclic) bond motifs is 2. The molecule has 8 nitrogen and oxygen atoms in total. The lowest BCUT2D eigenvalue weighted by atomic mass is 9.90. The predicted molar refractivity (Wildman–Crippen MR) is 134 cm³/mol. The molecule has 1 aliphatic rings. The number of aliphatic hydroxyl groups is 1. The maximum atomic E-state index is 14.0. The molecule has 1 atom stereocenters. The summed E-state index contributed by atoms with van der Waals surface area (Å²) in [5.74, 6) is -1.35. The topological polar surface area (TPSA) is 101 Å². The Labute approximate surface area is 208 Å². The van der Waals surface area contributed by atoms with E-state index >= 15 is 0 Å². The second kappa shape index (κ2) is 9.07. The standard InChI is InChI=1S/C27H21N3O5S/c1-3-35-23-12-9-17(16-31)14-21(23)25-20-15-19(28-2)10-11-22(20)30(27(25)32)36(33,34)24-8-4-6-18-7-5-13-29-26(18)24/h4-15,25,31H,3,16H2,1H3. The molecule has 0 fully saturated rings. The molecule has 9 heteroatoms. The van der Waals surface area contributed by atoms with Crippen molar-refractivity contribution in [1.82, 2.24) is 4.98 Å². The number of benzene rings is 3. The normalized spacial score (nSPS) is 15.1. The maximum absolute atomic E-state index is 14.0. The second-order valence-corrected chi connectivity index (χ2v) is 9.95. The number of aliphatic hydroxyl groups excluding tert-OH is 1. The van der Waals surface area contributed by atoms with Crippen molar-refractivity contribution in [2.24, 2.45) is 0 Å². The van der Waals surface area contributed by atoms with Gasteiger partial charge in [-0.15, -0.1) is 0 Å². The van der Waals surface area contributed by atoms with Crippen LogP contribution in [0.4, 0.5) is 11.4 Å². The maximum Gasteiger partial charge on any atom is 0.273 e. The van der Waals surface area contributed by atoms with Gasteiger partial charge in [0.1, 0.15) is 10.6 Å². The van der Waals surface area contributed by atoms with E-state index in [2.05, 4.69) is 9.83 Å². The molecule has 4 aromatic rings. The minimum Gasteiger partial charge on any atom is -0.494 e. The fraction of sp³-hybridized carbons (Fsp3) is 0.148. The Morgan fingerprint density at radius 1 is 1.08 bits per heavy atom. The Bertz CT molecular complexity index is 1650. The molecule has 0 saturated heterocycles. The zero-order chi connectivity index (χ0) is 25.4. The van der Waals surface area contributed by atoms with Crippen molar-refractivity contribution in [3.05, 3.63) is 101 Å². The lowest BCUT2D eigenvalue weighted by Crippen LogP contribution is -2.35. The van der Waals surface area contributed by atoms with Gasteiger partial charge in [0, 0.05) is 17.1 Å². The summed E-state index contributed by atoms with van der Waals surface area (Å²) in [5.41, 5.74) is 2.04. The summed E-state index contributed by atoms with van der Waals surface area (Å²) in [6, 6.07) is 17.7. The van der Waals surface area contributed by atoms with Crippen LogP contribution in [-0.2, 0) is 21.4 Å². The van der Waals surface area contributed by atoms with Gasteiger partial charge in [-0.25, -0.2) is 17.6 Å². The molecule has 1 aromatic heterocycles. The van der Waals surface area contributed by atoms with Crippen LogP contribution < -0.4 is 9.04 Å². The lowest BCUT2D eigenvalue weighted by Gasteiger charge is -2.20. The van der Waals surface area contributed by atoms with Crippen LogP contribution in [0, 0.1) is 6.57 Å². The lowest BCUT2D eigenvalue weighted by molar-refractivity contribution is -0.117. The highest BCUT2D eigenvalue weighted by molar-refractivity contribution is 7.93. The number of pyridine rings is 1. The van der Waals surface area contributed by atoms with E-state index in [9.17, 15) is 18.3 Å². The molecule has 3 aromatic carbocycles. The van der Waals surface area contributed by atoms with Gasteiger partial charge < -0.3 is 9.84 Å². The quantitative estimate of drug-likeness (QED) is 0.391. The van der Waals surface area contributed by atoms with Crippen molar-refractivity contribution in [3.8, 4) is 5.75 Å². The van der Waals surface area contributed by atoms with Gasteiger partial charge in [-0.05, 0) is 48.4 Å². The van der Waals surface area contributed by atoms with Crippen LogP contribution in [-0.4, -0.2) is 31.0 Å². The third kappa shape index (κ3) is 3.68. The molecular formula is C27H21N3O5S. The summed E-state index contributed by atoms with van der Waals surface area (Å²) in [6.45, 7) is 9.30. The van der Waals surface area contributed by atoms with Crippen LogP contribution >= 0.6 is 0 Å². The molecular weight excluding hydrogens is 478 g/mol. The van der Waals surface area contributed by atoms with Crippen molar-refractivity contribution < 1.29 is 23.1 Å². The third-order valence-electron chi connectivity index (χ3n) is 6.10. The van der Waals surface area contributed by atoms with Gasteiger partial charge >= 0.3 is 0 Å². The van der Waals surface area contributed by atoms with Crippen LogP contribution in [0.15, 0.2) is 77.8 Å². The zero-order valence-corrected chi connectivity index (χ0v) is 20.1. The number of hydrogen-bond donors (Lipinski definition) is 1. The summed E-state index contributed by atoms with van der Waals surface area (Å²) in [4.78, 5) is 21.6. The van der Waals surface area contributed by atoms with E-state index in [4.69, 9.17) is 11.3 Å². The van der Waals surface area contributed by atoms with E-state index < -0.39 is 21.8 Å². The number of aromatic nitrogens is 1. The third-order valence-corrected chi connectivity index (χ3v) is 7.84. The predicted octanol–water partition coefficient (Wildman–Crippen LogP) is 4.54. The van der Waals surface area contributed by atoms with E-state index in [1.165, 1.54) is 30.5 Å². The number of sulfonamides is 1. The average Bonchev–Trinajstić information content (AvgIpc) is 3.20. The van der Waals surface area contributed by atoms with Crippen LogP contribution in [0.1, 0.15) is 29.5 Å². The first-order valence-electron chi connectivity index (χ1n) is 11.2. The molecule has 1 amide bonds. The molecule has 0 radical (unpaired) electrons. The molecule has 5 rings (SSSR count). The molecule has 1 aliphatic heterocycles. The van der Waals surface area contributed by atoms with E-state index in [0.717, 1.165) is 4.31 Å². The number of amides is 1. The number of rotatable bonds is 6. The Balaban J connectivity index is 1.75. The van der Waals surface area contributed by atoms with Crippen molar-refractivity contribution in [3.63, 3.8) is 0 Å². The molecule has 36 heavy (non-hydrogen) atoms. The molecule has 0 saturated carbocycles. The molecule has 0 aliphatic carbocycles. The highest BCUT2D eigenvalue weighted by Gasteiger charge is 2.46. The Morgan fingerprint density at radius 3 is 2.64 bits per heavy atom. The summed E-state index contributed by atoms with van der Waals surface area (Å²) in [5, 5.41) is 10.3. The minimum absolute atomic E-state index is 0.0936. The molecule has 2 heterocycles. The van der Waals surface area contributed by atoms with E-state index in [1.54, 1.807) is 49.4 Å². The van der Waals surface area contributed by atoms with Crippen molar-refractivity contribution in [2.45, 2.75) is 24.3 Å². The monoisotopic (exact) mass is 499 g/mol. The Morgan fingerprint density at radius 2 is 1.89 bits per heavy atom. The molecule has 0 bridgehead atoms. The first kappa shape index (κ1) is 23.5. The summed E-state index contributed by atoms with van der Waals surface area (Å²) < 4.78 is 34.6. The smallest absolute Gasteiger partial charge is 0.273 e. The number of ether oxygens (including phenoxy) is 1. The number of para-hydroxylation sites is 1. The van der Waals surface area contributed by atoms with Gasteiger partial charge in [0.05, 0.1) is 36.9 Å². The summed E-state index contributed by atoms with van der Waals surface area (Å²) in [7, 11) is -4.38. The molecule has 1 unspecified atom stereocenters. The zero-order valence-electron chi connectivity index (χ0n) is 19.2. The number of carbonyl (C=O) groups excluding carboxylic acids is 1. The van der Waals surface area contributed by atoms with Crippen molar-refractivity contribution in [2.75, 3.05) is 10.9 Å². The number of carbonyl (C=O) groups is 1. The van der Waals surface area contributed by atoms with Crippen molar-refractivity contribution >= 4 is 38.2 Å². The van der Waals surface area contributed by atoms with Crippen LogP contribution in [0.2, 0.25) is 0 Å². The Hall–Kier alpha value is -4.26. The first-order valence-corrected chi connectivity index (χ1v) is 12.7. The largest absolute Gasteiger partial charge is 0.494 e. The number of hydrogen-bond acceptors (Lipinski definition) is 6. The van der Waals surface area contributed by atoms with E-state index in [-0.39, 0.29) is 28.4 Å². The van der Waals surface area contributed by atoms with Gasteiger partial charge in [-0.2, -0.15) is 0 Å². The van der Waals surface area contributed by atoms with Crippen LogP contribution in [0.5, 0.6) is 5.75 Å². The van der Waals surface area contributed by atoms with Crippen LogP contribution in [0.3, 0.4) is 0 Å². The van der Waals surface area contributed by atoms with Crippen molar-refractivity contribution in [1.29, 1.82) is 0 Å². The van der Waals surface area contributed by atoms with Gasteiger partial charge in [-0.1, -0.05) is 36.4 Å². The van der Waals surface area contributed by atoms with Gasteiger partial charge in [-0.3, -0.25) is 9.78 Å². The fourth-order valence-electron chi connectivity index (χ4n) is 4.54. The fourth-order valence-corrected chi connectivity index (χ4v) is 6.17. The average molecular weight is 500 g/mol. The number of anilines is 1. The second-order valence-electron chi connectivity index (χ2n) is 8.19. The highest BCUT2D eigenvalue weighted by Crippen LogP contribution is 2.48. The van der Waals surface area contributed by atoms with Gasteiger partial charge in [0.25, 0.3) is 15.9 Å². The molecule has 1 N–H and O–H groups in total. The SMILES string of the molecule is [C-]#[N+]c1ccc2c(c1)C(c1cc(CO)ccc1OCC)C(=O)N2S(=O)(=O)c1cccc2cccnc12. The van der Waals surface area contributed by atoms with Gasteiger partial charge in [0.15, 0.2) is 5.69 Å². The molecule has 0 spiro atoms. The minimum atomic E-state index is -4.38.